The Hall–Kier alpha value is -10.3. The average Bonchev–Trinajstić information content (AvgIpc) is 1.60. The van der Waals surface area contributed by atoms with E-state index in [1.807, 2.05) is 243 Å². The number of rotatable bonds is 16. The number of pyridine rings is 5. The first-order valence-corrected chi connectivity index (χ1v) is 47.8. The van der Waals surface area contributed by atoms with E-state index in [4.69, 9.17) is 99.4 Å². The van der Waals surface area contributed by atoms with E-state index in [2.05, 4.69) is 82.9 Å². The van der Waals surface area contributed by atoms with Crippen molar-refractivity contribution in [3.05, 3.63) is 258 Å². The number of esters is 1. The number of nitrogens with zero attached hydrogens (tertiary/aromatic N) is 9. The van der Waals surface area contributed by atoms with E-state index in [9.17, 15) is 33.6 Å². The third-order valence-electron chi connectivity index (χ3n) is 21.5. The number of aliphatic carboxylic acids is 1. The molecule has 0 radical (unpaired) electrons. The molecular formula is C99H124B3Br2Cl4N13O17. The number of nitrogen functional groups attached to an aromatic ring is 1. The molecule has 14 rings (SSSR count). The largest absolute Gasteiger partial charge is 0.495 e. The molecule has 0 atom stereocenters. The van der Waals surface area contributed by atoms with E-state index in [1.54, 1.807) is 97.8 Å². The number of nitrogens with one attached hydrogen (secondary N) is 3. The molecule has 30 nitrogen and oxygen atoms in total. The lowest BCUT2D eigenvalue weighted by Crippen LogP contribution is -2.41. The van der Waals surface area contributed by atoms with E-state index < -0.39 is 67.3 Å². The molecule has 4 aromatic carbocycles. The molecule has 6 N–H and O–H groups in total. The molecule has 138 heavy (non-hydrogen) atoms. The van der Waals surface area contributed by atoms with E-state index in [1.165, 1.54) is 23.2 Å². The summed E-state index contributed by atoms with van der Waals surface area (Å²) in [6.45, 7) is 40.6. The SMILES string of the molecule is CC(C)(C)OC(=O)Cc1cc(Cc2cccc(Cl)c2)ccn1.CC(C)(C)OC(=O)Nc1cc(B2OC(C)(C)C(C)(C)O2)ccn1.CC(C)(C)OC(=O)Nc1cc(Br)ccn1.CC1(C)OB(B2OC(C)(C)C(C)(C)O2)OC1(C)C.CN1N=C(C(=O)Nc2cc(Cc3cccc(Cl)c3)ccn2)CCC1=O.CN1N=C(C(=O)O)CCC1=O.Clc1cccc(CBr)c1.Nc1cc(Cc2cccc(Cl)c2)ccn1. The average molecular weight is 2100 g/mol. The van der Waals surface area contributed by atoms with Crippen LogP contribution in [-0.2, 0) is 97.1 Å². The minimum atomic E-state index is -1.05. The topological polar surface area (TPSA) is 381 Å². The van der Waals surface area contributed by atoms with Gasteiger partial charge >= 0.3 is 45.3 Å². The normalized spacial score (nSPS) is 16.2. The number of carboxylic acid groups (broad SMARTS) is 1. The molecule has 0 saturated carbocycles. The van der Waals surface area contributed by atoms with Crippen LogP contribution in [0.25, 0.3) is 0 Å². The lowest BCUT2D eigenvalue weighted by molar-refractivity contribution is -0.154. The number of aromatic nitrogens is 5. The highest BCUT2D eigenvalue weighted by molar-refractivity contribution is 9.10. The van der Waals surface area contributed by atoms with Gasteiger partial charge in [-0.3, -0.25) is 34.8 Å². The predicted octanol–water partition coefficient (Wildman–Crippen LogP) is 21.1. The Morgan fingerprint density at radius 3 is 1.17 bits per heavy atom. The number of hydrogen-bond donors (Lipinski definition) is 5. The van der Waals surface area contributed by atoms with E-state index >= 15 is 0 Å². The highest BCUT2D eigenvalue weighted by Crippen LogP contribution is 2.44. The van der Waals surface area contributed by atoms with E-state index in [-0.39, 0.29) is 77.5 Å². The van der Waals surface area contributed by atoms with Gasteiger partial charge in [-0.2, -0.15) is 10.2 Å². The van der Waals surface area contributed by atoms with Gasteiger partial charge in [-0.25, -0.2) is 44.3 Å². The van der Waals surface area contributed by atoms with Crippen molar-refractivity contribution in [3.63, 3.8) is 0 Å². The minimum Gasteiger partial charge on any atom is -0.477 e. The molecule has 3 saturated heterocycles. The predicted molar refractivity (Wildman–Crippen MR) is 552 cm³/mol. The number of alkyl halides is 1. The summed E-state index contributed by atoms with van der Waals surface area (Å²) in [6, 6.07) is 49.4. The summed E-state index contributed by atoms with van der Waals surface area (Å²) in [4.78, 5) is 100. The number of hydrazone groups is 2. The fourth-order valence-electron chi connectivity index (χ4n) is 12.6. The number of halogens is 6. The molecule has 10 heterocycles. The standard InChI is InChI=1S/C18H17ClN4O2.C18H20ClNO2.C16H25BN2O4.C12H24B2O4.C12H11ClN2.C10H13BrN2O2.C7H6BrCl.C6H8N2O3/c1-23-17(24)6-5-15(22-23)18(25)21-16-11-13(7-8-20-16)9-12-3-2-4-14(19)10-12;1-18(2,3)22-17(21)12-16-11-14(7-8-20-16)9-13-5-4-6-15(19)10-13;1-14(2,3)21-13(20)19-12-10-11(8-9-18-12)17-22-15(4,5)16(6,7)23-17;1-9(2)10(3,4)16-13(15-9)14-17-11(5,6)12(7,8)18-14;13-11-3-1-2-9(7-11)6-10-4-5-15-12(14)8-10;1-10(2,3)15-9(14)13-8-6-7(11)4-5-12-8;8-5-6-2-1-3-7(9)4-6;1-8-5(9)3-2-4(7-8)6(10)11/h2-4,7-8,10-11H,5-6,9H2,1H3,(H,20,21,25);4-8,10-11H,9,12H2,1-3H3;8-10H,1-7H3,(H,18,19,20);1-8H3;1-5,7-8H,6H2,(H2,14,15);4-6H,1-3H3,(H,12,13,14);1-4H,5H2;2-3H2,1H3,(H,10,11). The zero-order valence-electron chi connectivity index (χ0n) is 82.3. The van der Waals surface area contributed by atoms with Crippen molar-refractivity contribution in [2.24, 2.45) is 10.2 Å². The first kappa shape index (κ1) is 115. The van der Waals surface area contributed by atoms with Gasteiger partial charge in [-0.05, 0) is 318 Å². The van der Waals surface area contributed by atoms with Crippen LogP contribution in [0, 0.1) is 0 Å². The summed E-state index contributed by atoms with van der Waals surface area (Å²) in [7, 11) is 1.54. The van der Waals surface area contributed by atoms with Gasteiger partial charge in [0.1, 0.15) is 51.5 Å². The van der Waals surface area contributed by atoms with Gasteiger partial charge in [0, 0.05) is 101 Å². The summed E-state index contributed by atoms with van der Waals surface area (Å²) in [5.41, 5.74) is 11.5. The van der Waals surface area contributed by atoms with Crippen molar-refractivity contribution in [1.29, 1.82) is 0 Å². The first-order valence-electron chi connectivity index (χ1n) is 44.4. The first-order chi connectivity index (χ1) is 64.1. The maximum absolute atomic E-state index is 12.3. The van der Waals surface area contributed by atoms with Gasteiger partial charge < -0.3 is 58.3 Å². The number of hydrogen-bond acceptors (Lipinski definition) is 24. The molecule has 5 aliphatic heterocycles. The molecule has 9 aromatic rings. The van der Waals surface area contributed by atoms with Gasteiger partial charge in [-0.1, -0.05) is 127 Å². The van der Waals surface area contributed by atoms with Crippen molar-refractivity contribution >= 4 is 181 Å². The van der Waals surface area contributed by atoms with Crippen LogP contribution in [0.4, 0.5) is 32.9 Å². The number of benzene rings is 4. The number of carbonyl (C=O) groups excluding carboxylic acids is 6. The molecule has 5 aliphatic rings. The molecule has 0 bridgehead atoms. The van der Waals surface area contributed by atoms with Gasteiger partial charge in [0.25, 0.3) is 5.91 Å². The van der Waals surface area contributed by atoms with Crippen molar-refractivity contribution in [2.45, 2.75) is 253 Å². The lowest BCUT2D eigenvalue weighted by Gasteiger charge is -2.32. The third kappa shape index (κ3) is 39.1. The number of nitrogens with two attached hydrogens (primary N) is 1. The molecular weight excluding hydrogens is 1980 g/mol. The quantitative estimate of drug-likeness (QED) is 0.0260. The summed E-state index contributed by atoms with van der Waals surface area (Å²) in [5, 5.41) is 30.0. The van der Waals surface area contributed by atoms with Crippen molar-refractivity contribution in [2.75, 3.05) is 35.8 Å². The zero-order valence-corrected chi connectivity index (χ0v) is 88.5. The lowest BCUT2D eigenvalue weighted by atomic mass is 9.49. The third-order valence-corrected chi connectivity index (χ3v) is 23.5. The minimum absolute atomic E-state index is 0.0482. The molecule has 5 aromatic heterocycles. The second-order valence-corrected chi connectivity index (χ2v) is 41.6. The Balaban J connectivity index is 0.000000218. The molecule has 738 valence electrons. The summed E-state index contributed by atoms with van der Waals surface area (Å²) < 4.78 is 52.3. The van der Waals surface area contributed by atoms with Crippen LogP contribution in [0.15, 0.2) is 203 Å². The fraction of sp³-hybridized carbons (Fsp3) is 0.414. The van der Waals surface area contributed by atoms with Crippen molar-refractivity contribution in [3.8, 4) is 0 Å². The van der Waals surface area contributed by atoms with Crippen LogP contribution in [0.3, 0.4) is 0 Å². The second kappa shape index (κ2) is 50.7. The number of carbonyl (C=O) groups is 7. The number of carboxylic acids is 1. The van der Waals surface area contributed by atoms with Crippen LogP contribution >= 0.6 is 78.3 Å². The molecule has 3 fully saturated rings. The molecule has 39 heteroatoms. The number of ether oxygens (including phenoxy) is 3. The molecule has 5 amide bonds. The van der Waals surface area contributed by atoms with Gasteiger partial charge in [-0.15, -0.1) is 0 Å². The maximum Gasteiger partial charge on any atom is 0.495 e. The van der Waals surface area contributed by atoms with Gasteiger partial charge in [0.05, 0.1) is 45.7 Å². The van der Waals surface area contributed by atoms with E-state index in [0.717, 1.165) is 76.0 Å². The summed E-state index contributed by atoms with van der Waals surface area (Å²) in [6.07, 6.45) is 10.8. The highest BCUT2D eigenvalue weighted by Gasteiger charge is 2.64. The molecule has 0 aliphatic carbocycles. The maximum atomic E-state index is 12.3. The highest BCUT2D eigenvalue weighted by atomic mass is 79.9. The number of anilines is 4. The van der Waals surface area contributed by atoms with Crippen molar-refractivity contribution < 1.29 is 80.8 Å². The Labute approximate surface area is 847 Å². The van der Waals surface area contributed by atoms with Crippen LogP contribution in [0.5, 0.6) is 0 Å². The Kier molecular flexibility index (Phi) is 42.2. The zero-order chi connectivity index (χ0) is 103. The second-order valence-electron chi connectivity index (χ2n) is 38.4. The fourth-order valence-corrected chi connectivity index (χ4v) is 14.1. The van der Waals surface area contributed by atoms with Crippen molar-refractivity contribution in [1.82, 2.24) is 34.9 Å². The Morgan fingerprint density at radius 2 is 0.783 bits per heavy atom. The monoisotopic (exact) mass is 2100 g/mol. The number of amides is 5. The van der Waals surface area contributed by atoms with Gasteiger partial charge in [0.15, 0.2) is 0 Å². The smallest absolute Gasteiger partial charge is 0.477 e. The molecule has 0 unspecified atom stereocenters. The molecule has 0 spiro atoms. The van der Waals surface area contributed by atoms with Crippen LogP contribution in [0.2, 0.25) is 20.1 Å². The summed E-state index contributed by atoms with van der Waals surface area (Å²) >= 11 is 30.2. The Bertz CT molecular complexity index is 5620. The Morgan fingerprint density at radius 1 is 0.435 bits per heavy atom. The van der Waals surface area contributed by atoms with Crippen LogP contribution in [-0.4, -0.2) is 179 Å². The summed E-state index contributed by atoms with van der Waals surface area (Å²) in [5.74, 6) is -0.0457. The van der Waals surface area contributed by atoms with Crippen LogP contribution in [0.1, 0.15) is 216 Å². The van der Waals surface area contributed by atoms with Gasteiger partial charge in [0.2, 0.25) is 11.8 Å². The van der Waals surface area contributed by atoms with E-state index in [0.29, 0.717) is 52.5 Å². The van der Waals surface area contributed by atoms with Crippen LogP contribution < -0.4 is 27.1 Å².